The van der Waals surface area contributed by atoms with Gasteiger partial charge >= 0.3 is 0 Å². The van der Waals surface area contributed by atoms with Gasteiger partial charge in [0.1, 0.15) is 0 Å². The van der Waals surface area contributed by atoms with Crippen molar-refractivity contribution in [3.63, 3.8) is 0 Å². The lowest BCUT2D eigenvalue weighted by molar-refractivity contribution is 0.164. The highest BCUT2D eigenvalue weighted by Gasteiger charge is 2.38. The Labute approximate surface area is 124 Å². The molecule has 114 valence electrons. The van der Waals surface area contributed by atoms with Gasteiger partial charge in [-0.3, -0.25) is 0 Å². The van der Waals surface area contributed by atoms with Gasteiger partial charge in [0.15, 0.2) is 0 Å². The van der Waals surface area contributed by atoms with Gasteiger partial charge < -0.3 is 10.5 Å². The molecule has 0 aliphatic heterocycles. The number of hydrogen-bond donors (Lipinski definition) is 1. The first-order valence-corrected chi connectivity index (χ1v) is 9.11. The van der Waals surface area contributed by atoms with Crippen LogP contribution in [0.5, 0.6) is 0 Å². The van der Waals surface area contributed by atoms with E-state index in [1.807, 2.05) is 6.92 Å². The van der Waals surface area contributed by atoms with Gasteiger partial charge in [0.25, 0.3) is 0 Å². The topological polar surface area (TPSA) is 72.6 Å². The van der Waals surface area contributed by atoms with Gasteiger partial charge in [-0.1, -0.05) is 0 Å². The SMILES string of the molecule is COCCN(C(C)C1CC1)S(=O)(=O)c1csc(CN)c1. The van der Waals surface area contributed by atoms with Gasteiger partial charge in [-0.2, -0.15) is 4.31 Å². The van der Waals surface area contributed by atoms with Gasteiger partial charge in [0, 0.05) is 36.5 Å². The number of nitrogens with zero attached hydrogens (tertiary/aromatic N) is 1. The summed E-state index contributed by atoms with van der Waals surface area (Å²) in [7, 11) is -1.87. The average molecular weight is 318 g/mol. The minimum absolute atomic E-state index is 0.0244. The van der Waals surface area contributed by atoms with Crippen molar-refractivity contribution in [1.29, 1.82) is 0 Å². The molecule has 1 heterocycles. The molecule has 1 saturated carbocycles. The van der Waals surface area contributed by atoms with E-state index in [4.69, 9.17) is 10.5 Å². The third kappa shape index (κ3) is 3.40. The predicted molar refractivity (Wildman–Crippen MR) is 80.2 cm³/mol. The molecule has 1 aromatic rings. The van der Waals surface area contributed by atoms with Gasteiger partial charge in [0.2, 0.25) is 10.0 Å². The molecule has 1 fully saturated rings. The molecule has 20 heavy (non-hydrogen) atoms. The number of thiophene rings is 1. The highest BCUT2D eigenvalue weighted by atomic mass is 32.2. The number of ether oxygens (including phenoxy) is 1. The highest BCUT2D eigenvalue weighted by Crippen LogP contribution is 2.37. The quantitative estimate of drug-likeness (QED) is 0.791. The zero-order valence-electron chi connectivity index (χ0n) is 11.9. The van der Waals surface area contributed by atoms with Crippen LogP contribution in [-0.2, 0) is 21.3 Å². The zero-order valence-corrected chi connectivity index (χ0v) is 13.5. The maximum Gasteiger partial charge on any atom is 0.244 e. The summed E-state index contributed by atoms with van der Waals surface area (Å²) >= 11 is 1.39. The molecule has 0 radical (unpaired) electrons. The second-order valence-electron chi connectivity index (χ2n) is 5.14. The van der Waals surface area contributed by atoms with Gasteiger partial charge in [-0.25, -0.2) is 8.42 Å². The van der Waals surface area contributed by atoms with Gasteiger partial charge in [-0.15, -0.1) is 11.3 Å². The molecule has 7 heteroatoms. The molecule has 1 aromatic heterocycles. The van der Waals surface area contributed by atoms with Crippen molar-refractivity contribution in [2.45, 2.75) is 37.2 Å². The van der Waals surface area contributed by atoms with Gasteiger partial charge in [-0.05, 0) is 31.7 Å². The van der Waals surface area contributed by atoms with E-state index >= 15 is 0 Å². The van der Waals surface area contributed by atoms with Crippen molar-refractivity contribution >= 4 is 21.4 Å². The molecule has 2 rings (SSSR count). The molecule has 0 saturated heterocycles. The van der Waals surface area contributed by atoms with Crippen LogP contribution in [0.25, 0.3) is 0 Å². The number of rotatable bonds is 8. The minimum atomic E-state index is -3.46. The van der Waals surface area contributed by atoms with Crippen LogP contribution < -0.4 is 5.73 Å². The molecular weight excluding hydrogens is 296 g/mol. The smallest absolute Gasteiger partial charge is 0.244 e. The van der Waals surface area contributed by atoms with Crippen LogP contribution in [0.4, 0.5) is 0 Å². The standard InChI is InChI=1S/C13H22N2O3S2/c1-10(11-3-4-11)15(5-6-18-2)20(16,17)13-7-12(8-14)19-9-13/h7,9-11H,3-6,8,14H2,1-2H3. The van der Waals surface area contributed by atoms with E-state index in [0.29, 0.717) is 30.5 Å². The molecule has 5 nitrogen and oxygen atoms in total. The van der Waals surface area contributed by atoms with Gasteiger partial charge in [0.05, 0.1) is 11.5 Å². The van der Waals surface area contributed by atoms with E-state index < -0.39 is 10.0 Å². The van der Waals surface area contributed by atoms with Crippen molar-refractivity contribution in [1.82, 2.24) is 4.31 Å². The zero-order chi connectivity index (χ0) is 14.8. The fraction of sp³-hybridized carbons (Fsp3) is 0.692. The Kier molecular flexibility index (Phi) is 5.19. The first-order valence-electron chi connectivity index (χ1n) is 6.79. The summed E-state index contributed by atoms with van der Waals surface area (Å²) in [5, 5.41) is 1.68. The maximum atomic E-state index is 12.8. The second kappa shape index (κ2) is 6.53. The van der Waals surface area contributed by atoms with Crippen LogP contribution >= 0.6 is 11.3 Å². The monoisotopic (exact) mass is 318 g/mol. The van der Waals surface area contributed by atoms with Crippen molar-refractivity contribution in [3.05, 3.63) is 16.3 Å². The number of sulfonamides is 1. The molecular formula is C13H22N2O3S2. The Morgan fingerprint density at radius 1 is 1.55 bits per heavy atom. The summed E-state index contributed by atoms with van der Waals surface area (Å²) in [5.74, 6) is 0.481. The average Bonchev–Trinajstić information content (AvgIpc) is 3.15. The van der Waals surface area contributed by atoms with Crippen molar-refractivity contribution in [2.24, 2.45) is 11.7 Å². The summed E-state index contributed by atoms with van der Waals surface area (Å²) in [6.07, 6.45) is 2.22. The third-order valence-electron chi connectivity index (χ3n) is 3.71. The Hall–Kier alpha value is -0.470. The lowest BCUT2D eigenvalue weighted by atomic mass is 10.2. The molecule has 0 bridgehead atoms. The fourth-order valence-corrected chi connectivity index (χ4v) is 5.09. The Morgan fingerprint density at radius 2 is 2.25 bits per heavy atom. The van der Waals surface area contributed by atoms with Crippen LogP contribution in [-0.4, -0.2) is 39.0 Å². The molecule has 1 unspecified atom stereocenters. The van der Waals surface area contributed by atoms with E-state index in [1.165, 1.54) is 11.3 Å². The van der Waals surface area contributed by atoms with E-state index in [-0.39, 0.29) is 6.04 Å². The molecule has 1 aliphatic carbocycles. The second-order valence-corrected chi connectivity index (χ2v) is 8.03. The van der Waals surface area contributed by atoms with Crippen molar-refractivity contribution in [3.8, 4) is 0 Å². The third-order valence-corrected chi connectivity index (χ3v) is 6.78. The lowest BCUT2D eigenvalue weighted by Gasteiger charge is -2.27. The van der Waals surface area contributed by atoms with Crippen LogP contribution in [0.15, 0.2) is 16.3 Å². The van der Waals surface area contributed by atoms with Crippen molar-refractivity contribution in [2.75, 3.05) is 20.3 Å². The Balaban J connectivity index is 2.24. The molecule has 2 N–H and O–H groups in total. The summed E-state index contributed by atoms with van der Waals surface area (Å²) < 4.78 is 32.2. The summed E-state index contributed by atoms with van der Waals surface area (Å²) in [6.45, 7) is 3.16. The molecule has 1 aliphatic rings. The Bertz CT molecular complexity index is 538. The van der Waals surface area contributed by atoms with Crippen molar-refractivity contribution < 1.29 is 13.2 Å². The number of nitrogens with two attached hydrogens (primary N) is 1. The van der Waals surface area contributed by atoms with Crippen LogP contribution in [0.3, 0.4) is 0 Å². The lowest BCUT2D eigenvalue weighted by Crippen LogP contribution is -2.41. The first kappa shape index (κ1) is 15.9. The van der Waals surface area contributed by atoms with E-state index in [2.05, 4.69) is 0 Å². The number of hydrogen-bond acceptors (Lipinski definition) is 5. The molecule has 0 amide bonds. The summed E-state index contributed by atoms with van der Waals surface area (Å²) in [6, 6.07) is 1.70. The normalized spacial score (nSPS) is 17.6. The first-order chi connectivity index (χ1) is 9.50. The molecule has 0 spiro atoms. The van der Waals surface area contributed by atoms with Crippen LogP contribution in [0, 0.1) is 5.92 Å². The predicted octanol–water partition coefficient (Wildman–Crippen LogP) is 1.64. The Morgan fingerprint density at radius 3 is 2.75 bits per heavy atom. The summed E-state index contributed by atoms with van der Waals surface area (Å²) in [4.78, 5) is 1.24. The maximum absolute atomic E-state index is 12.8. The number of methoxy groups -OCH3 is 1. The van der Waals surface area contributed by atoms with E-state index in [0.717, 1.165) is 17.7 Å². The van der Waals surface area contributed by atoms with Crippen LogP contribution in [0.2, 0.25) is 0 Å². The summed E-state index contributed by atoms with van der Waals surface area (Å²) in [5.41, 5.74) is 5.56. The van der Waals surface area contributed by atoms with E-state index in [1.54, 1.807) is 22.9 Å². The van der Waals surface area contributed by atoms with Crippen LogP contribution in [0.1, 0.15) is 24.6 Å². The molecule has 1 atom stereocenters. The molecule has 0 aromatic carbocycles. The largest absolute Gasteiger partial charge is 0.383 e. The highest BCUT2D eigenvalue weighted by molar-refractivity contribution is 7.89. The minimum Gasteiger partial charge on any atom is -0.383 e. The van der Waals surface area contributed by atoms with E-state index in [9.17, 15) is 8.42 Å². The fourth-order valence-electron chi connectivity index (χ4n) is 2.28.